The van der Waals surface area contributed by atoms with E-state index < -0.39 is 5.92 Å². The first kappa shape index (κ1) is 17.0. The molecule has 1 aliphatic heterocycles. The number of carbonyl (C=O) groups excluding carboxylic acids is 1. The third-order valence-electron chi connectivity index (χ3n) is 4.21. The number of allylic oxidation sites excluding steroid dienone is 3. The third kappa shape index (κ3) is 3.07. The maximum absolute atomic E-state index is 12.5. The van der Waals surface area contributed by atoms with Crippen LogP contribution < -0.4 is 10.5 Å². The van der Waals surface area contributed by atoms with Crippen LogP contribution in [0.5, 0.6) is 5.75 Å². The lowest BCUT2D eigenvalue weighted by Crippen LogP contribution is -2.27. The quantitative estimate of drug-likeness (QED) is 0.843. The van der Waals surface area contributed by atoms with E-state index in [1.54, 1.807) is 18.2 Å². The summed E-state index contributed by atoms with van der Waals surface area (Å²) in [6.07, 6.45) is 6.93. The fourth-order valence-electron chi connectivity index (χ4n) is 3.12. The molecule has 1 aliphatic carbocycles. The zero-order valence-corrected chi connectivity index (χ0v) is 14.1. The van der Waals surface area contributed by atoms with E-state index in [4.69, 9.17) is 33.2 Å². The summed E-state index contributed by atoms with van der Waals surface area (Å²) in [5.74, 6) is 2.77. The van der Waals surface area contributed by atoms with Crippen LogP contribution in [0.1, 0.15) is 30.7 Å². The molecular weight excluding hydrogens is 340 g/mol. The first-order chi connectivity index (χ1) is 12.1. The number of ketones is 1. The monoisotopic (exact) mass is 354 g/mol. The van der Waals surface area contributed by atoms with Crippen molar-refractivity contribution in [2.24, 2.45) is 5.73 Å². The lowest BCUT2D eigenvalue weighted by molar-refractivity contribution is -0.116. The van der Waals surface area contributed by atoms with Crippen molar-refractivity contribution in [2.75, 3.05) is 6.61 Å². The van der Waals surface area contributed by atoms with Gasteiger partial charge in [-0.25, -0.2) is 0 Å². The number of rotatable bonds is 3. The standard InChI is InChI=1S/C19H15ClN2O3/c1-2-8-24-15-7-6-11(9-13(15)20)17-12(10-21)19(22)25-16-5-3-4-14(23)18(16)17/h1,6-7,9,17H,3-5,8,22H2/t17-/m0/s1. The Kier molecular flexibility index (Phi) is 4.70. The van der Waals surface area contributed by atoms with Crippen LogP contribution >= 0.6 is 11.6 Å². The van der Waals surface area contributed by atoms with E-state index >= 15 is 0 Å². The average molecular weight is 355 g/mol. The van der Waals surface area contributed by atoms with E-state index in [1.165, 1.54) is 0 Å². The van der Waals surface area contributed by atoms with Gasteiger partial charge >= 0.3 is 0 Å². The van der Waals surface area contributed by atoms with E-state index in [0.717, 1.165) is 0 Å². The van der Waals surface area contributed by atoms with Crippen LogP contribution in [0.15, 0.2) is 41.0 Å². The Morgan fingerprint density at radius 2 is 2.24 bits per heavy atom. The number of hydrogen-bond donors (Lipinski definition) is 1. The minimum Gasteiger partial charge on any atom is -0.479 e. The predicted molar refractivity (Wildman–Crippen MR) is 92.3 cm³/mol. The molecular formula is C19H15ClN2O3. The highest BCUT2D eigenvalue weighted by Gasteiger charge is 2.38. The van der Waals surface area contributed by atoms with Crippen LogP contribution in [-0.2, 0) is 9.53 Å². The van der Waals surface area contributed by atoms with Crippen LogP contribution in [0.2, 0.25) is 5.02 Å². The van der Waals surface area contributed by atoms with Crippen molar-refractivity contribution in [3.63, 3.8) is 0 Å². The number of terminal acetylenes is 1. The highest BCUT2D eigenvalue weighted by atomic mass is 35.5. The highest BCUT2D eigenvalue weighted by molar-refractivity contribution is 6.32. The summed E-state index contributed by atoms with van der Waals surface area (Å²) in [5.41, 5.74) is 7.30. The molecule has 3 rings (SSSR count). The molecule has 6 heteroatoms. The summed E-state index contributed by atoms with van der Waals surface area (Å²) in [6, 6.07) is 7.16. The Balaban J connectivity index is 2.08. The summed E-state index contributed by atoms with van der Waals surface area (Å²) in [5, 5.41) is 9.88. The van der Waals surface area contributed by atoms with Gasteiger partial charge in [-0.05, 0) is 24.1 Å². The number of ether oxygens (including phenoxy) is 2. The minimum absolute atomic E-state index is 0.0321. The first-order valence-electron chi connectivity index (χ1n) is 7.76. The van der Waals surface area contributed by atoms with Crippen molar-refractivity contribution in [3.05, 3.63) is 51.6 Å². The zero-order chi connectivity index (χ0) is 18.0. The van der Waals surface area contributed by atoms with Crippen molar-refractivity contribution < 1.29 is 14.3 Å². The van der Waals surface area contributed by atoms with Gasteiger partial charge in [0.2, 0.25) is 5.88 Å². The molecule has 0 spiro atoms. The summed E-state index contributed by atoms with van der Waals surface area (Å²) in [6.45, 7) is 0.0976. The van der Waals surface area contributed by atoms with Gasteiger partial charge in [-0.15, -0.1) is 6.42 Å². The number of halogens is 1. The van der Waals surface area contributed by atoms with Crippen molar-refractivity contribution in [1.82, 2.24) is 0 Å². The number of carbonyl (C=O) groups is 1. The molecule has 0 unspecified atom stereocenters. The largest absolute Gasteiger partial charge is 0.479 e. The Bertz CT molecular complexity index is 887. The molecule has 0 saturated carbocycles. The van der Waals surface area contributed by atoms with Gasteiger partial charge < -0.3 is 15.2 Å². The molecule has 0 bridgehead atoms. The minimum atomic E-state index is -0.583. The number of nitrogens with zero attached hydrogens (tertiary/aromatic N) is 1. The van der Waals surface area contributed by atoms with E-state index in [-0.39, 0.29) is 23.8 Å². The lowest BCUT2D eigenvalue weighted by atomic mass is 9.77. The Morgan fingerprint density at radius 3 is 2.92 bits per heavy atom. The number of Topliss-reactive ketones (excluding diaryl/α,β-unsaturated/α-hetero) is 1. The fraction of sp³-hybridized carbons (Fsp3) is 0.263. The fourth-order valence-corrected chi connectivity index (χ4v) is 3.37. The average Bonchev–Trinajstić information content (AvgIpc) is 2.59. The number of nitrogens with two attached hydrogens (primary N) is 1. The maximum Gasteiger partial charge on any atom is 0.205 e. The van der Waals surface area contributed by atoms with E-state index in [0.29, 0.717) is 46.9 Å². The normalized spacial score (nSPS) is 19.6. The van der Waals surface area contributed by atoms with Crippen LogP contribution in [0.4, 0.5) is 0 Å². The molecule has 1 aromatic carbocycles. The predicted octanol–water partition coefficient (Wildman–Crippen LogP) is 3.17. The van der Waals surface area contributed by atoms with Crippen LogP contribution in [0.3, 0.4) is 0 Å². The summed E-state index contributed by atoms with van der Waals surface area (Å²) < 4.78 is 10.9. The van der Waals surface area contributed by atoms with Gasteiger partial charge in [0.05, 0.1) is 10.9 Å². The lowest BCUT2D eigenvalue weighted by Gasteiger charge is -2.31. The SMILES string of the molecule is C#CCOc1ccc([C@H]2C(C#N)=C(N)OC3=C2C(=O)CCC3)cc1Cl. The molecule has 1 atom stereocenters. The van der Waals surface area contributed by atoms with Gasteiger partial charge in [0, 0.05) is 18.4 Å². The van der Waals surface area contributed by atoms with Gasteiger partial charge in [0.25, 0.3) is 0 Å². The molecule has 0 radical (unpaired) electrons. The Hall–Kier alpha value is -2.89. The molecule has 1 heterocycles. The topological polar surface area (TPSA) is 85.3 Å². The molecule has 2 N–H and O–H groups in total. The number of nitriles is 1. The second kappa shape index (κ2) is 6.93. The van der Waals surface area contributed by atoms with E-state index in [2.05, 4.69) is 12.0 Å². The molecule has 0 aromatic heterocycles. The summed E-state index contributed by atoms with van der Waals surface area (Å²) >= 11 is 6.27. The molecule has 0 amide bonds. The molecule has 2 aliphatic rings. The summed E-state index contributed by atoms with van der Waals surface area (Å²) in [4.78, 5) is 12.5. The van der Waals surface area contributed by atoms with E-state index in [9.17, 15) is 10.1 Å². The zero-order valence-electron chi connectivity index (χ0n) is 13.3. The highest BCUT2D eigenvalue weighted by Crippen LogP contribution is 2.44. The first-order valence-corrected chi connectivity index (χ1v) is 8.14. The summed E-state index contributed by atoms with van der Waals surface area (Å²) in [7, 11) is 0. The van der Waals surface area contributed by atoms with Crippen molar-refractivity contribution in [2.45, 2.75) is 25.2 Å². The number of benzene rings is 1. The van der Waals surface area contributed by atoms with E-state index in [1.807, 2.05) is 0 Å². The van der Waals surface area contributed by atoms with Gasteiger partial charge in [-0.1, -0.05) is 23.6 Å². The van der Waals surface area contributed by atoms with Crippen molar-refractivity contribution >= 4 is 17.4 Å². The molecule has 25 heavy (non-hydrogen) atoms. The van der Waals surface area contributed by atoms with Crippen LogP contribution in [0.25, 0.3) is 0 Å². The van der Waals surface area contributed by atoms with Gasteiger partial charge in [0.15, 0.2) is 5.78 Å². The molecule has 1 aromatic rings. The molecule has 126 valence electrons. The Labute approximate surface area is 150 Å². The molecule has 5 nitrogen and oxygen atoms in total. The van der Waals surface area contributed by atoms with Crippen molar-refractivity contribution in [3.8, 4) is 24.2 Å². The Morgan fingerprint density at radius 1 is 1.44 bits per heavy atom. The second-order valence-electron chi connectivity index (χ2n) is 5.72. The maximum atomic E-state index is 12.5. The van der Waals surface area contributed by atoms with Gasteiger partial charge in [0.1, 0.15) is 29.8 Å². The van der Waals surface area contributed by atoms with Crippen molar-refractivity contribution in [1.29, 1.82) is 5.26 Å². The number of hydrogen-bond acceptors (Lipinski definition) is 5. The molecule has 0 saturated heterocycles. The third-order valence-corrected chi connectivity index (χ3v) is 4.50. The smallest absolute Gasteiger partial charge is 0.205 e. The van der Waals surface area contributed by atoms with Gasteiger partial charge in [-0.3, -0.25) is 4.79 Å². The molecule has 0 fully saturated rings. The van der Waals surface area contributed by atoms with Gasteiger partial charge in [-0.2, -0.15) is 5.26 Å². The van der Waals surface area contributed by atoms with Crippen LogP contribution in [-0.4, -0.2) is 12.4 Å². The second-order valence-corrected chi connectivity index (χ2v) is 6.13. The van der Waals surface area contributed by atoms with Crippen LogP contribution in [0, 0.1) is 23.7 Å².